The molecule has 4 nitrogen and oxygen atoms in total. The molecule has 3 aromatic rings. The highest BCUT2D eigenvalue weighted by Gasteiger charge is 2.40. The number of anilines is 2. The lowest BCUT2D eigenvalue weighted by atomic mass is 10.0. The van der Waals surface area contributed by atoms with Crippen molar-refractivity contribution in [3.8, 4) is 16.9 Å². The van der Waals surface area contributed by atoms with Gasteiger partial charge in [0.05, 0.1) is 11.4 Å². The zero-order valence-corrected chi connectivity index (χ0v) is 21.1. The van der Waals surface area contributed by atoms with E-state index >= 15 is 0 Å². The van der Waals surface area contributed by atoms with Crippen LogP contribution in [0.2, 0.25) is 0 Å². The third-order valence-electron chi connectivity index (χ3n) is 6.74. The molecule has 2 aliphatic heterocycles. The van der Waals surface area contributed by atoms with Crippen molar-refractivity contribution in [2.45, 2.75) is 37.1 Å². The van der Waals surface area contributed by atoms with Gasteiger partial charge < -0.3 is 19.6 Å². The Morgan fingerprint density at radius 2 is 1.71 bits per heavy atom. The Morgan fingerprint density at radius 3 is 2.44 bits per heavy atom. The lowest BCUT2D eigenvalue weighted by Gasteiger charge is -2.29. The molecule has 0 radical (unpaired) electrons. The first-order chi connectivity index (χ1) is 16.3. The van der Waals surface area contributed by atoms with Crippen LogP contribution in [0.4, 0.5) is 11.4 Å². The maximum absolute atomic E-state index is 11.6. The Kier molecular flexibility index (Phi) is 5.70. The highest BCUT2D eigenvalue weighted by Crippen LogP contribution is 2.50. The molecule has 1 atom stereocenters. The molecule has 0 fully saturated rings. The number of benzene rings is 3. The second kappa shape index (κ2) is 8.57. The molecule has 5 heteroatoms. The van der Waals surface area contributed by atoms with Crippen LogP contribution < -0.4 is 14.5 Å². The minimum Gasteiger partial charge on any atom is -0.439 e. The molecule has 0 aromatic heterocycles. The van der Waals surface area contributed by atoms with Gasteiger partial charge in [-0.25, -0.2) is 0 Å². The topological polar surface area (TPSA) is 35.9 Å². The first-order valence-corrected chi connectivity index (χ1v) is 12.4. The summed E-state index contributed by atoms with van der Waals surface area (Å²) in [6.07, 6.45) is 4.76. The van der Waals surface area contributed by atoms with Crippen molar-refractivity contribution in [1.29, 1.82) is 0 Å². The summed E-state index contributed by atoms with van der Waals surface area (Å²) in [6.45, 7) is 6.32. The lowest BCUT2D eigenvalue weighted by Crippen LogP contribution is -2.38. The highest BCUT2D eigenvalue weighted by atomic mass is 32.2. The molecule has 0 saturated heterocycles. The summed E-state index contributed by atoms with van der Waals surface area (Å²) in [5.41, 5.74) is 7.91. The average molecular weight is 471 g/mol. The van der Waals surface area contributed by atoms with Gasteiger partial charge in [0.1, 0.15) is 0 Å². The number of thioether (sulfide) groups is 1. The second-order valence-electron chi connectivity index (χ2n) is 8.99. The van der Waals surface area contributed by atoms with Gasteiger partial charge in [-0.05, 0) is 78.4 Å². The standard InChI is InChI=1S/C29H30N2O2S/c1-6-21(18-29(32)31(5)25-14-19(2)20(3)15-27(25)34-29)16-28-30(4)24-17-23(12-13-26(24)33-28)22-10-8-7-9-11-22/h7-18,32H,6H2,1-5H3. The number of allylic oxidation sites excluding steroid dienone is 2. The maximum atomic E-state index is 11.6. The molecule has 34 heavy (non-hydrogen) atoms. The molecule has 0 saturated carbocycles. The molecule has 174 valence electrons. The first kappa shape index (κ1) is 22.6. The van der Waals surface area contributed by atoms with E-state index in [-0.39, 0.29) is 0 Å². The number of hydrogen-bond donors (Lipinski definition) is 1. The zero-order valence-electron chi connectivity index (χ0n) is 20.3. The van der Waals surface area contributed by atoms with E-state index in [1.165, 1.54) is 28.5 Å². The number of likely N-dealkylation sites (N-methyl/N-ethyl adjacent to an activating group) is 1. The van der Waals surface area contributed by atoms with Crippen LogP contribution in [0.15, 0.2) is 89.2 Å². The van der Waals surface area contributed by atoms with E-state index in [1.54, 1.807) is 0 Å². The Labute approximate surface area is 206 Å². The average Bonchev–Trinajstić information content (AvgIpc) is 3.27. The molecule has 0 bridgehead atoms. The Bertz CT molecular complexity index is 1320. The summed E-state index contributed by atoms with van der Waals surface area (Å²) < 4.78 is 6.20. The predicted molar refractivity (Wildman–Crippen MR) is 142 cm³/mol. The Hall–Kier alpha value is -3.15. The van der Waals surface area contributed by atoms with E-state index in [1.807, 2.05) is 43.3 Å². The van der Waals surface area contributed by atoms with Gasteiger partial charge >= 0.3 is 0 Å². The van der Waals surface area contributed by atoms with Crippen molar-refractivity contribution in [3.63, 3.8) is 0 Å². The number of rotatable bonds is 4. The van der Waals surface area contributed by atoms with E-state index in [0.29, 0.717) is 0 Å². The molecular weight excluding hydrogens is 440 g/mol. The Balaban J connectivity index is 1.44. The molecule has 1 N–H and O–H groups in total. The molecule has 0 aliphatic carbocycles. The minimum absolute atomic E-state index is 0.756. The quantitative estimate of drug-likeness (QED) is 0.450. The van der Waals surface area contributed by atoms with Gasteiger partial charge in [0.25, 0.3) is 0 Å². The van der Waals surface area contributed by atoms with Crippen molar-refractivity contribution in [2.75, 3.05) is 23.9 Å². The third-order valence-corrected chi connectivity index (χ3v) is 7.98. The minimum atomic E-state index is -1.14. The van der Waals surface area contributed by atoms with Crippen LogP contribution in [0.25, 0.3) is 11.1 Å². The number of aliphatic hydroxyl groups is 1. The van der Waals surface area contributed by atoms with Crippen LogP contribution in [-0.4, -0.2) is 24.3 Å². The SMILES string of the molecule is CCC(=CC1(O)Sc2cc(C)c(C)cc2N1C)C=C1Oc2ccc(-c3ccccc3)cc2N1C. The summed E-state index contributed by atoms with van der Waals surface area (Å²) in [4.78, 5) is 5.12. The molecule has 1 unspecified atom stereocenters. The van der Waals surface area contributed by atoms with Crippen LogP contribution in [0, 0.1) is 13.8 Å². The molecule has 3 aromatic carbocycles. The second-order valence-corrected chi connectivity index (χ2v) is 10.2. The van der Waals surface area contributed by atoms with Crippen molar-refractivity contribution in [3.05, 3.63) is 95.4 Å². The summed E-state index contributed by atoms with van der Waals surface area (Å²) in [7, 11) is 3.97. The van der Waals surface area contributed by atoms with Crippen LogP contribution in [0.3, 0.4) is 0 Å². The van der Waals surface area contributed by atoms with Crippen molar-refractivity contribution in [1.82, 2.24) is 0 Å². The molecule has 0 amide bonds. The fourth-order valence-electron chi connectivity index (χ4n) is 4.40. The van der Waals surface area contributed by atoms with E-state index in [4.69, 9.17) is 4.74 Å². The molecular formula is C29H30N2O2S. The fraction of sp³-hybridized carbons (Fsp3) is 0.241. The highest BCUT2D eigenvalue weighted by molar-refractivity contribution is 8.01. The lowest BCUT2D eigenvalue weighted by molar-refractivity contribution is 0.190. The van der Waals surface area contributed by atoms with Crippen LogP contribution in [0.1, 0.15) is 24.5 Å². The van der Waals surface area contributed by atoms with Crippen molar-refractivity contribution < 1.29 is 9.84 Å². The van der Waals surface area contributed by atoms with Crippen LogP contribution >= 0.6 is 11.8 Å². The van der Waals surface area contributed by atoms with Gasteiger partial charge in [-0.2, -0.15) is 0 Å². The summed E-state index contributed by atoms with van der Waals surface area (Å²) in [6, 6.07) is 21.0. The van der Waals surface area contributed by atoms with Crippen molar-refractivity contribution in [2.24, 2.45) is 0 Å². The van der Waals surface area contributed by atoms with Gasteiger partial charge in [0, 0.05) is 25.1 Å². The van der Waals surface area contributed by atoms with Gasteiger partial charge in [0.2, 0.25) is 10.9 Å². The van der Waals surface area contributed by atoms with Gasteiger partial charge in [0.15, 0.2) is 5.75 Å². The molecule has 2 aliphatic rings. The van der Waals surface area contributed by atoms with Crippen LogP contribution in [0.5, 0.6) is 5.75 Å². The van der Waals surface area contributed by atoms with Gasteiger partial charge in [-0.3, -0.25) is 0 Å². The maximum Gasteiger partial charge on any atom is 0.212 e. The normalized spacial score (nSPS) is 20.5. The van der Waals surface area contributed by atoms with Gasteiger partial charge in [-0.15, -0.1) is 0 Å². The predicted octanol–water partition coefficient (Wildman–Crippen LogP) is 6.87. The van der Waals surface area contributed by atoms with Gasteiger partial charge in [-0.1, -0.05) is 55.1 Å². The van der Waals surface area contributed by atoms with E-state index < -0.39 is 5.06 Å². The van der Waals surface area contributed by atoms with Crippen molar-refractivity contribution >= 4 is 23.1 Å². The zero-order chi connectivity index (χ0) is 24.0. The monoisotopic (exact) mass is 470 g/mol. The first-order valence-electron chi connectivity index (χ1n) is 11.6. The van der Waals surface area contributed by atoms with Crippen LogP contribution in [-0.2, 0) is 0 Å². The van der Waals surface area contributed by atoms with E-state index in [9.17, 15) is 5.11 Å². The van der Waals surface area contributed by atoms with E-state index in [2.05, 4.69) is 74.2 Å². The molecule has 0 spiro atoms. The number of hydrogen-bond acceptors (Lipinski definition) is 5. The number of aryl methyl sites for hydroxylation is 2. The largest absolute Gasteiger partial charge is 0.439 e. The summed E-state index contributed by atoms with van der Waals surface area (Å²) in [5, 5.41) is 10.4. The third kappa shape index (κ3) is 3.89. The number of fused-ring (bicyclic) bond motifs is 2. The molecule has 2 heterocycles. The Morgan fingerprint density at radius 1 is 0.971 bits per heavy atom. The van der Waals surface area contributed by atoms with E-state index in [0.717, 1.165) is 45.5 Å². The smallest absolute Gasteiger partial charge is 0.212 e. The summed E-state index contributed by atoms with van der Waals surface area (Å²) >= 11 is 1.48. The summed E-state index contributed by atoms with van der Waals surface area (Å²) in [5.74, 6) is 1.60. The number of ether oxygens (including phenoxy) is 1. The fourth-order valence-corrected chi connectivity index (χ4v) is 5.70. The molecule has 5 rings (SSSR count). The number of nitrogens with zero attached hydrogens (tertiary/aromatic N) is 2.